The largest absolute Gasteiger partial charge is 0.383 e. The maximum atomic E-state index is 12.1. The van der Waals surface area contributed by atoms with Crippen LogP contribution in [0.5, 0.6) is 0 Å². The molecule has 3 rings (SSSR count). The van der Waals surface area contributed by atoms with Gasteiger partial charge in [-0.05, 0) is 30.2 Å². The number of carbonyl (C=O) groups excluding carboxylic acids is 1. The molecule has 1 amide bonds. The van der Waals surface area contributed by atoms with Crippen LogP contribution in [0.1, 0.15) is 12.5 Å². The van der Waals surface area contributed by atoms with Crippen molar-refractivity contribution < 1.29 is 9.72 Å². The van der Waals surface area contributed by atoms with Gasteiger partial charge in [0.2, 0.25) is 5.91 Å². The van der Waals surface area contributed by atoms with E-state index in [4.69, 9.17) is 0 Å². The first kappa shape index (κ1) is 21.3. The fourth-order valence-electron chi connectivity index (χ4n) is 2.82. The molecular formula is C20H22N6O3S. The minimum absolute atomic E-state index is 0.0419. The highest BCUT2D eigenvalue weighted by molar-refractivity contribution is 7.99. The normalized spacial score (nSPS) is 10.6. The van der Waals surface area contributed by atoms with Crippen molar-refractivity contribution in [2.45, 2.75) is 18.5 Å². The topological polar surface area (TPSA) is 115 Å². The molecule has 3 aromatic rings. The summed E-state index contributed by atoms with van der Waals surface area (Å²) in [4.78, 5) is 22.4. The fourth-order valence-corrected chi connectivity index (χ4v) is 3.58. The lowest BCUT2D eigenvalue weighted by atomic mass is 10.1. The van der Waals surface area contributed by atoms with Crippen LogP contribution >= 0.6 is 11.8 Å². The van der Waals surface area contributed by atoms with Crippen LogP contribution in [0, 0.1) is 10.1 Å². The van der Waals surface area contributed by atoms with E-state index in [9.17, 15) is 14.9 Å². The van der Waals surface area contributed by atoms with E-state index in [1.54, 1.807) is 18.5 Å². The number of carbonyl (C=O) groups is 1. The zero-order chi connectivity index (χ0) is 21.3. The zero-order valence-corrected chi connectivity index (χ0v) is 17.3. The van der Waals surface area contributed by atoms with Gasteiger partial charge in [-0.3, -0.25) is 19.5 Å². The second-order valence-electron chi connectivity index (χ2n) is 6.34. The SMILES string of the molecule is CCc1ccccc1-n1cnnc1SCC(=O)NCCNc1ccc([N+](=O)[O-])cc1. The first-order valence-electron chi connectivity index (χ1n) is 9.44. The summed E-state index contributed by atoms with van der Waals surface area (Å²) in [6.07, 6.45) is 2.55. The summed E-state index contributed by atoms with van der Waals surface area (Å²) < 4.78 is 1.90. The molecule has 2 aromatic carbocycles. The third-order valence-electron chi connectivity index (χ3n) is 4.34. The van der Waals surface area contributed by atoms with Crippen molar-refractivity contribution in [1.82, 2.24) is 20.1 Å². The van der Waals surface area contributed by atoms with E-state index >= 15 is 0 Å². The van der Waals surface area contributed by atoms with E-state index in [1.165, 1.54) is 29.5 Å². The molecule has 0 spiro atoms. The van der Waals surface area contributed by atoms with Crippen LogP contribution in [0.2, 0.25) is 0 Å². The van der Waals surface area contributed by atoms with E-state index in [0.29, 0.717) is 18.2 Å². The Balaban J connectivity index is 1.44. The average molecular weight is 427 g/mol. The van der Waals surface area contributed by atoms with Gasteiger partial charge in [0.25, 0.3) is 5.69 Å². The molecule has 10 heteroatoms. The fraction of sp³-hybridized carbons (Fsp3) is 0.250. The number of rotatable bonds is 10. The average Bonchev–Trinajstić information content (AvgIpc) is 3.24. The molecule has 0 saturated carbocycles. The zero-order valence-electron chi connectivity index (χ0n) is 16.4. The van der Waals surface area contributed by atoms with Gasteiger partial charge in [-0.25, -0.2) is 0 Å². The molecule has 0 aliphatic heterocycles. The van der Waals surface area contributed by atoms with Crippen LogP contribution in [-0.4, -0.2) is 44.4 Å². The van der Waals surface area contributed by atoms with Gasteiger partial charge in [-0.15, -0.1) is 10.2 Å². The highest BCUT2D eigenvalue weighted by Gasteiger charge is 2.12. The molecule has 0 aliphatic rings. The number of hydrogen-bond donors (Lipinski definition) is 2. The standard InChI is InChI=1S/C20H22N6O3S/c1-2-15-5-3-4-6-18(15)25-14-23-24-20(25)30-13-19(27)22-12-11-21-16-7-9-17(10-8-16)26(28)29/h3-10,14,21H,2,11-13H2,1H3,(H,22,27). The Morgan fingerprint density at radius 1 is 1.17 bits per heavy atom. The van der Waals surface area contributed by atoms with Crippen molar-refractivity contribution in [3.63, 3.8) is 0 Å². The number of benzene rings is 2. The Morgan fingerprint density at radius 3 is 2.67 bits per heavy atom. The molecule has 1 aromatic heterocycles. The molecule has 0 unspecified atom stereocenters. The van der Waals surface area contributed by atoms with Crippen LogP contribution < -0.4 is 10.6 Å². The Labute approximate surface area is 178 Å². The number of non-ortho nitro benzene ring substituents is 1. The number of nitro benzene ring substituents is 1. The Kier molecular flexibility index (Phi) is 7.39. The van der Waals surface area contributed by atoms with Crippen molar-refractivity contribution in [3.05, 3.63) is 70.5 Å². The number of amides is 1. The third kappa shape index (κ3) is 5.57. The molecule has 0 aliphatic carbocycles. The van der Waals surface area contributed by atoms with E-state index < -0.39 is 4.92 Å². The maximum Gasteiger partial charge on any atom is 0.269 e. The molecule has 0 radical (unpaired) electrons. The van der Waals surface area contributed by atoms with Crippen molar-refractivity contribution in [2.75, 3.05) is 24.2 Å². The molecule has 156 valence electrons. The van der Waals surface area contributed by atoms with E-state index in [2.05, 4.69) is 33.8 Å². The smallest absolute Gasteiger partial charge is 0.269 e. The van der Waals surface area contributed by atoms with Crippen molar-refractivity contribution in [1.29, 1.82) is 0 Å². The molecule has 9 nitrogen and oxygen atoms in total. The van der Waals surface area contributed by atoms with Gasteiger partial charge < -0.3 is 10.6 Å². The number of nitrogens with zero attached hydrogens (tertiary/aromatic N) is 4. The molecule has 30 heavy (non-hydrogen) atoms. The number of aryl methyl sites for hydroxylation is 1. The van der Waals surface area contributed by atoms with Gasteiger partial charge >= 0.3 is 0 Å². The summed E-state index contributed by atoms with van der Waals surface area (Å²) in [6.45, 7) is 3.03. The number of para-hydroxylation sites is 1. The number of thioether (sulfide) groups is 1. The minimum atomic E-state index is -0.441. The molecule has 0 atom stereocenters. The maximum absolute atomic E-state index is 12.1. The van der Waals surface area contributed by atoms with Crippen LogP contribution in [-0.2, 0) is 11.2 Å². The van der Waals surface area contributed by atoms with Gasteiger partial charge in [0.05, 0.1) is 16.4 Å². The Morgan fingerprint density at radius 2 is 1.93 bits per heavy atom. The molecule has 0 fully saturated rings. The van der Waals surface area contributed by atoms with E-state index in [0.717, 1.165) is 17.8 Å². The number of aromatic nitrogens is 3. The van der Waals surface area contributed by atoms with Crippen LogP contribution in [0.4, 0.5) is 11.4 Å². The highest BCUT2D eigenvalue weighted by atomic mass is 32.2. The lowest BCUT2D eigenvalue weighted by Crippen LogP contribution is -2.30. The number of anilines is 1. The summed E-state index contributed by atoms with van der Waals surface area (Å²) in [6, 6.07) is 14.2. The summed E-state index contributed by atoms with van der Waals surface area (Å²) in [7, 11) is 0. The first-order chi connectivity index (χ1) is 14.6. The second-order valence-corrected chi connectivity index (χ2v) is 7.28. The second kappa shape index (κ2) is 10.4. The monoisotopic (exact) mass is 426 g/mol. The first-order valence-corrected chi connectivity index (χ1v) is 10.4. The quantitative estimate of drug-likeness (QED) is 0.222. The van der Waals surface area contributed by atoms with Crippen LogP contribution in [0.3, 0.4) is 0 Å². The Bertz CT molecular complexity index is 1010. The molecule has 0 saturated heterocycles. The summed E-state index contributed by atoms with van der Waals surface area (Å²) in [5, 5.41) is 25.4. The molecule has 0 bridgehead atoms. The van der Waals surface area contributed by atoms with Gasteiger partial charge in [0, 0.05) is 30.9 Å². The van der Waals surface area contributed by atoms with Gasteiger partial charge in [-0.2, -0.15) is 0 Å². The van der Waals surface area contributed by atoms with Gasteiger partial charge in [0.1, 0.15) is 6.33 Å². The van der Waals surface area contributed by atoms with Gasteiger partial charge in [-0.1, -0.05) is 36.9 Å². The Hall–Kier alpha value is -3.40. The van der Waals surface area contributed by atoms with E-state index in [1.807, 2.05) is 22.8 Å². The van der Waals surface area contributed by atoms with Crippen molar-refractivity contribution in [3.8, 4) is 5.69 Å². The summed E-state index contributed by atoms with van der Waals surface area (Å²) >= 11 is 1.33. The van der Waals surface area contributed by atoms with Crippen molar-refractivity contribution in [2.24, 2.45) is 0 Å². The number of hydrogen-bond acceptors (Lipinski definition) is 7. The molecular weight excluding hydrogens is 404 g/mol. The van der Waals surface area contributed by atoms with Gasteiger partial charge in [0.15, 0.2) is 5.16 Å². The number of nitrogens with one attached hydrogen (secondary N) is 2. The number of nitro groups is 1. The van der Waals surface area contributed by atoms with Crippen molar-refractivity contribution >= 4 is 29.0 Å². The molecule has 1 heterocycles. The minimum Gasteiger partial charge on any atom is -0.383 e. The summed E-state index contributed by atoms with van der Waals surface area (Å²) in [5.74, 6) is 0.119. The lowest BCUT2D eigenvalue weighted by Gasteiger charge is -2.11. The van der Waals surface area contributed by atoms with Crippen LogP contribution in [0.25, 0.3) is 5.69 Å². The lowest BCUT2D eigenvalue weighted by molar-refractivity contribution is -0.384. The third-order valence-corrected chi connectivity index (χ3v) is 5.28. The predicted molar refractivity (Wildman–Crippen MR) is 116 cm³/mol. The summed E-state index contributed by atoms with van der Waals surface area (Å²) in [5.41, 5.74) is 2.99. The molecule has 2 N–H and O–H groups in total. The highest BCUT2D eigenvalue weighted by Crippen LogP contribution is 2.22. The predicted octanol–water partition coefficient (Wildman–Crippen LogP) is 3.06. The van der Waals surface area contributed by atoms with Crippen LogP contribution in [0.15, 0.2) is 60.0 Å². The van der Waals surface area contributed by atoms with E-state index in [-0.39, 0.29) is 17.3 Å².